The standard InChI is InChI=1S/C13H20N2O3.ClH/c1-4-18-12(16)13(14,15)8-10-5-9(2)6-11(7-10)17-3;/h5-7H,4,8,14-15H2,1-3H3;1H. The van der Waals surface area contributed by atoms with Gasteiger partial charge in [0.05, 0.1) is 13.7 Å². The van der Waals surface area contributed by atoms with Gasteiger partial charge in [-0.2, -0.15) is 0 Å². The maximum atomic E-state index is 11.6. The molecule has 1 aromatic rings. The minimum absolute atomic E-state index is 0. The number of rotatable bonds is 5. The van der Waals surface area contributed by atoms with E-state index in [1.807, 2.05) is 19.1 Å². The van der Waals surface area contributed by atoms with E-state index in [4.69, 9.17) is 20.9 Å². The van der Waals surface area contributed by atoms with E-state index < -0.39 is 11.6 Å². The summed E-state index contributed by atoms with van der Waals surface area (Å²) in [6, 6.07) is 5.61. The number of carbonyl (C=O) groups is 1. The molecule has 0 saturated carbocycles. The molecule has 0 aliphatic rings. The van der Waals surface area contributed by atoms with Gasteiger partial charge in [-0.15, -0.1) is 12.4 Å². The number of ether oxygens (including phenoxy) is 2. The zero-order valence-corrected chi connectivity index (χ0v) is 12.3. The number of aryl methyl sites for hydroxylation is 1. The van der Waals surface area contributed by atoms with E-state index in [1.54, 1.807) is 20.1 Å². The number of hydrogen-bond acceptors (Lipinski definition) is 5. The van der Waals surface area contributed by atoms with Crippen molar-refractivity contribution in [2.24, 2.45) is 11.5 Å². The summed E-state index contributed by atoms with van der Waals surface area (Å²) in [5.41, 5.74) is 11.9. The van der Waals surface area contributed by atoms with E-state index >= 15 is 0 Å². The number of benzene rings is 1. The van der Waals surface area contributed by atoms with Crippen LogP contribution in [0, 0.1) is 6.92 Å². The Labute approximate surface area is 119 Å². The summed E-state index contributed by atoms with van der Waals surface area (Å²) < 4.78 is 10.0. The van der Waals surface area contributed by atoms with Gasteiger partial charge in [-0.25, -0.2) is 4.79 Å². The molecule has 108 valence electrons. The van der Waals surface area contributed by atoms with Gasteiger partial charge in [0, 0.05) is 6.42 Å². The minimum atomic E-state index is -1.52. The Morgan fingerprint density at radius 1 is 1.32 bits per heavy atom. The molecule has 0 amide bonds. The van der Waals surface area contributed by atoms with Gasteiger partial charge in [-0.1, -0.05) is 6.07 Å². The molecule has 0 atom stereocenters. The van der Waals surface area contributed by atoms with Gasteiger partial charge in [-0.05, 0) is 37.1 Å². The molecule has 0 aromatic heterocycles. The molecule has 0 spiro atoms. The van der Waals surface area contributed by atoms with Crippen molar-refractivity contribution in [2.45, 2.75) is 25.9 Å². The lowest BCUT2D eigenvalue weighted by Crippen LogP contribution is -2.58. The van der Waals surface area contributed by atoms with Crippen molar-refractivity contribution >= 4 is 18.4 Å². The highest BCUT2D eigenvalue weighted by atomic mass is 35.5. The van der Waals surface area contributed by atoms with Crippen molar-refractivity contribution in [3.63, 3.8) is 0 Å². The number of nitrogens with two attached hydrogens (primary N) is 2. The van der Waals surface area contributed by atoms with Crippen LogP contribution in [0.1, 0.15) is 18.1 Å². The molecular weight excluding hydrogens is 268 g/mol. The van der Waals surface area contributed by atoms with Crippen LogP contribution in [0.4, 0.5) is 0 Å². The number of halogens is 1. The predicted molar refractivity (Wildman–Crippen MR) is 76.4 cm³/mol. The van der Waals surface area contributed by atoms with Crippen molar-refractivity contribution < 1.29 is 14.3 Å². The van der Waals surface area contributed by atoms with Gasteiger partial charge in [0.1, 0.15) is 5.75 Å². The van der Waals surface area contributed by atoms with Crippen LogP contribution in [0.3, 0.4) is 0 Å². The van der Waals surface area contributed by atoms with E-state index in [0.717, 1.165) is 11.1 Å². The first-order valence-corrected chi connectivity index (χ1v) is 5.78. The maximum absolute atomic E-state index is 11.6. The second kappa shape index (κ2) is 7.33. The maximum Gasteiger partial charge on any atom is 0.341 e. The Kier molecular flexibility index (Phi) is 6.83. The smallest absolute Gasteiger partial charge is 0.341 e. The lowest BCUT2D eigenvalue weighted by molar-refractivity contribution is -0.149. The third kappa shape index (κ3) is 5.06. The van der Waals surface area contributed by atoms with Crippen LogP contribution in [0.15, 0.2) is 18.2 Å². The van der Waals surface area contributed by atoms with Crippen LogP contribution >= 0.6 is 12.4 Å². The van der Waals surface area contributed by atoms with Crippen molar-refractivity contribution in [1.82, 2.24) is 0 Å². The average Bonchev–Trinajstić information content (AvgIpc) is 2.27. The van der Waals surface area contributed by atoms with Gasteiger partial charge in [0.2, 0.25) is 0 Å². The van der Waals surface area contributed by atoms with E-state index in [0.29, 0.717) is 5.75 Å². The van der Waals surface area contributed by atoms with Crippen LogP contribution in [0.25, 0.3) is 0 Å². The number of esters is 1. The van der Waals surface area contributed by atoms with Crippen molar-refractivity contribution in [3.05, 3.63) is 29.3 Å². The van der Waals surface area contributed by atoms with Crippen LogP contribution < -0.4 is 16.2 Å². The predicted octanol–water partition coefficient (Wildman–Crippen LogP) is 1.14. The summed E-state index contributed by atoms with van der Waals surface area (Å²) in [5, 5.41) is 0. The first kappa shape index (κ1) is 17.7. The monoisotopic (exact) mass is 288 g/mol. The molecule has 1 aromatic carbocycles. The second-order valence-electron chi connectivity index (χ2n) is 4.30. The molecule has 0 unspecified atom stereocenters. The molecule has 0 radical (unpaired) electrons. The third-order valence-corrected chi connectivity index (χ3v) is 2.50. The fraction of sp³-hybridized carbons (Fsp3) is 0.462. The summed E-state index contributed by atoms with van der Waals surface area (Å²) in [6.45, 7) is 3.90. The SMILES string of the molecule is CCOC(=O)C(N)(N)Cc1cc(C)cc(OC)c1.Cl. The zero-order valence-electron chi connectivity index (χ0n) is 11.4. The summed E-state index contributed by atoms with van der Waals surface area (Å²) >= 11 is 0. The molecule has 0 bridgehead atoms. The van der Waals surface area contributed by atoms with E-state index in [2.05, 4.69) is 0 Å². The van der Waals surface area contributed by atoms with Gasteiger partial charge in [-0.3, -0.25) is 0 Å². The van der Waals surface area contributed by atoms with E-state index in [1.165, 1.54) is 0 Å². The third-order valence-electron chi connectivity index (χ3n) is 2.50. The second-order valence-corrected chi connectivity index (χ2v) is 4.30. The Balaban J connectivity index is 0.00000324. The van der Waals surface area contributed by atoms with Crippen LogP contribution in [-0.4, -0.2) is 25.3 Å². The average molecular weight is 289 g/mol. The minimum Gasteiger partial charge on any atom is -0.497 e. The topological polar surface area (TPSA) is 87.6 Å². The number of hydrogen-bond donors (Lipinski definition) is 2. The fourth-order valence-electron chi connectivity index (χ4n) is 1.72. The van der Waals surface area contributed by atoms with E-state index in [9.17, 15) is 4.79 Å². The number of carbonyl (C=O) groups excluding carboxylic acids is 1. The number of methoxy groups -OCH3 is 1. The molecule has 0 heterocycles. The summed E-state index contributed by atoms with van der Waals surface area (Å²) in [7, 11) is 1.59. The van der Waals surface area contributed by atoms with Crippen molar-refractivity contribution in [2.75, 3.05) is 13.7 Å². The van der Waals surface area contributed by atoms with Crippen LogP contribution in [-0.2, 0) is 16.0 Å². The lowest BCUT2D eigenvalue weighted by Gasteiger charge is -2.22. The Hall–Kier alpha value is -1.30. The van der Waals surface area contributed by atoms with Crippen molar-refractivity contribution in [1.29, 1.82) is 0 Å². The molecule has 19 heavy (non-hydrogen) atoms. The summed E-state index contributed by atoms with van der Waals surface area (Å²) in [6.07, 6.45) is 0.198. The Morgan fingerprint density at radius 3 is 2.47 bits per heavy atom. The highest BCUT2D eigenvalue weighted by Gasteiger charge is 2.31. The molecule has 4 N–H and O–H groups in total. The lowest BCUT2D eigenvalue weighted by atomic mass is 9.99. The molecular formula is C13H21ClN2O3. The molecule has 5 nitrogen and oxygen atoms in total. The zero-order chi connectivity index (χ0) is 13.8. The molecule has 0 fully saturated rings. The molecule has 6 heteroatoms. The van der Waals surface area contributed by atoms with Crippen LogP contribution in [0.5, 0.6) is 5.75 Å². The van der Waals surface area contributed by atoms with Crippen molar-refractivity contribution in [3.8, 4) is 5.75 Å². The first-order valence-electron chi connectivity index (χ1n) is 5.78. The highest BCUT2D eigenvalue weighted by molar-refractivity contribution is 5.85. The van der Waals surface area contributed by atoms with E-state index in [-0.39, 0.29) is 25.4 Å². The van der Waals surface area contributed by atoms with Crippen LogP contribution in [0.2, 0.25) is 0 Å². The Morgan fingerprint density at radius 2 is 1.95 bits per heavy atom. The molecule has 1 rings (SSSR count). The van der Waals surface area contributed by atoms with Gasteiger partial charge < -0.3 is 20.9 Å². The highest BCUT2D eigenvalue weighted by Crippen LogP contribution is 2.19. The molecule has 0 saturated heterocycles. The first-order chi connectivity index (χ1) is 8.39. The summed E-state index contributed by atoms with van der Waals surface area (Å²) in [4.78, 5) is 11.6. The van der Waals surface area contributed by atoms with Gasteiger partial charge in [0.15, 0.2) is 5.66 Å². The quantitative estimate of drug-likeness (QED) is 0.627. The fourth-order valence-corrected chi connectivity index (χ4v) is 1.72. The molecule has 0 aliphatic heterocycles. The Bertz CT molecular complexity index is 436. The normalized spacial score (nSPS) is 10.6. The molecule has 0 aliphatic carbocycles. The summed E-state index contributed by atoms with van der Waals surface area (Å²) in [5.74, 6) is 0.107. The van der Waals surface area contributed by atoms with Gasteiger partial charge in [0.25, 0.3) is 0 Å². The van der Waals surface area contributed by atoms with Gasteiger partial charge >= 0.3 is 5.97 Å². The largest absolute Gasteiger partial charge is 0.497 e.